The van der Waals surface area contributed by atoms with E-state index in [2.05, 4.69) is 4.98 Å². The van der Waals surface area contributed by atoms with Gasteiger partial charge in [-0.25, -0.2) is 4.98 Å². The Labute approximate surface area is 151 Å². The number of furan rings is 1. The molecule has 1 unspecified atom stereocenters. The predicted octanol–water partition coefficient (Wildman–Crippen LogP) is 2.60. The van der Waals surface area contributed by atoms with Crippen LogP contribution in [0.4, 0.5) is 0 Å². The average molecular weight is 358 g/mol. The average Bonchev–Trinajstić information content (AvgIpc) is 3.16. The minimum absolute atomic E-state index is 0.0841. The SMILES string of the molecule is COCC1(C(=O)O)CCCN(C(=O)c2ccc(-c3ccco3)nc2C)C1. The number of carboxylic acid groups (broad SMARTS) is 1. The molecular formula is C19H22N2O5. The lowest BCUT2D eigenvalue weighted by Gasteiger charge is -2.39. The van der Waals surface area contributed by atoms with Gasteiger partial charge in [0.1, 0.15) is 11.1 Å². The van der Waals surface area contributed by atoms with Crippen LogP contribution in [-0.4, -0.2) is 53.7 Å². The summed E-state index contributed by atoms with van der Waals surface area (Å²) in [6, 6.07) is 7.04. The van der Waals surface area contributed by atoms with Crippen LogP contribution >= 0.6 is 0 Å². The van der Waals surface area contributed by atoms with Crippen molar-refractivity contribution < 1.29 is 23.8 Å². The number of carbonyl (C=O) groups excluding carboxylic acids is 1. The molecule has 138 valence electrons. The van der Waals surface area contributed by atoms with Gasteiger partial charge in [0.05, 0.1) is 24.1 Å². The fourth-order valence-electron chi connectivity index (χ4n) is 3.45. The number of aliphatic carboxylic acids is 1. The first-order valence-electron chi connectivity index (χ1n) is 8.50. The molecule has 0 bridgehead atoms. The molecule has 26 heavy (non-hydrogen) atoms. The molecule has 1 saturated heterocycles. The summed E-state index contributed by atoms with van der Waals surface area (Å²) in [5.41, 5.74) is 0.654. The largest absolute Gasteiger partial charge is 0.481 e. The van der Waals surface area contributed by atoms with Crippen LogP contribution in [0.5, 0.6) is 0 Å². The number of hydrogen-bond donors (Lipinski definition) is 1. The maximum atomic E-state index is 13.0. The second-order valence-electron chi connectivity index (χ2n) is 6.66. The van der Waals surface area contributed by atoms with E-state index in [9.17, 15) is 14.7 Å². The lowest BCUT2D eigenvalue weighted by atomic mass is 9.80. The summed E-state index contributed by atoms with van der Waals surface area (Å²) in [6.07, 6.45) is 2.69. The zero-order chi connectivity index (χ0) is 18.7. The van der Waals surface area contributed by atoms with Gasteiger partial charge in [-0.15, -0.1) is 0 Å². The quantitative estimate of drug-likeness (QED) is 0.883. The first kappa shape index (κ1) is 18.1. The lowest BCUT2D eigenvalue weighted by molar-refractivity contribution is -0.155. The number of methoxy groups -OCH3 is 1. The number of rotatable bonds is 5. The number of amides is 1. The van der Waals surface area contributed by atoms with Crippen molar-refractivity contribution in [3.63, 3.8) is 0 Å². The first-order chi connectivity index (χ1) is 12.5. The van der Waals surface area contributed by atoms with E-state index >= 15 is 0 Å². The Morgan fingerprint density at radius 1 is 1.38 bits per heavy atom. The van der Waals surface area contributed by atoms with Gasteiger partial charge in [0.25, 0.3) is 5.91 Å². The number of likely N-dealkylation sites (tertiary alicyclic amines) is 1. The number of carboxylic acids is 1. The highest BCUT2D eigenvalue weighted by Gasteiger charge is 2.44. The molecule has 0 saturated carbocycles. The van der Waals surface area contributed by atoms with Gasteiger partial charge in [-0.05, 0) is 44.0 Å². The highest BCUT2D eigenvalue weighted by atomic mass is 16.5. The van der Waals surface area contributed by atoms with Gasteiger partial charge in [0.2, 0.25) is 0 Å². The zero-order valence-electron chi connectivity index (χ0n) is 14.9. The Morgan fingerprint density at radius 3 is 2.81 bits per heavy atom. The summed E-state index contributed by atoms with van der Waals surface area (Å²) in [4.78, 5) is 30.8. The third kappa shape index (κ3) is 3.35. The van der Waals surface area contributed by atoms with E-state index in [-0.39, 0.29) is 19.1 Å². The van der Waals surface area contributed by atoms with Crippen LogP contribution in [0.2, 0.25) is 0 Å². The van der Waals surface area contributed by atoms with Gasteiger partial charge >= 0.3 is 5.97 Å². The smallest absolute Gasteiger partial charge is 0.313 e. The van der Waals surface area contributed by atoms with Crippen molar-refractivity contribution in [3.05, 3.63) is 41.8 Å². The van der Waals surface area contributed by atoms with Crippen molar-refractivity contribution in [2.24, 2.45) is 5.41 Å². The summed E-state index contributed by atoms with van der Waals surface area (Å²) in [6.45, 7) is 2.51. The van der Waals surface area contributed by atoms with Crippen LogP contribution in [0.15, 0.2) is 34.9 Å². The van der Waals surface area contributed by atoms with Crippen molar-refractivity contribution in [1.29, 1.82) is 0 Å². The topological polar surface area (TPSA) is 92.9 Å². The Balaban J connectivity index is 1.83. The monoisotopic (exact) mass is 358 g/mol. The zero-order valence-corrected chi connectivity index (χ0v) is 14.9. The van der Waals surface area contributed by atoms with Crippen LogP contribution in [0, 0.1) is 12.3 Å². The number of nitrogens with zero attached hydrogens (tertiary/aromatic N) is 2. The van der Waals surface area contributed by atoms with Crippen molar-refractivity contribution in [3.8, 4) is 11.5 Å². The molecule has 0 radical (unpaired) electrons. The molecule has 1 aliphatic heterocycles. The molecule has 1 aliphatic rings. The molecule has 0 aromatic carbocycles. The highest BCUT2D eigenvalue weighted by molar-refractivity contribution is 5.96. The van der Waals surface area contributed by atoms with Gasteiger partial charge in [0.15, 0.2) is 5.76 Å². The highest BCUT2D eigenvalue weighted by Crippen LogP contribution is 2.32. The van der Waals surface area contributed by atoms with E-state index in [0.717, 1.165) is 0 Å². The van der Waals surface area contributed by atoms with Gasteiger partial charge in [0, 0.05) is 20.2 Å². The predicted molar refractivity (Wildman–Crippen MR) is 93.8 cm³/mol. The molecule has 3 rings (SSSR count). The maximum Gasteiger partial charge on any atom is 0.313 e. The Kier molecular flexibility index (Phi) is 5.08. The van der Waals surface area contributed by atoms with Crippen LogP contribution in [-0.2, 0) is 9.53 Å². The summed E-state index contributed by atoms with van der Waals surface area (Å²) < 4.78 is 10.5. The first-order valence-corrected chi connectivity index (χ1v) is 8.50. The van der Waals surface area contributed by atoms with Crippen molar-refractivity contribution >= 4 is 11.9 Å². The van der Waals surface area contributed by atoms with Crippen molar-refractivity contribution in [2.75, 3.05) is 26.8 Å². The van der Waals surface area contributed by atoms with Gasteiger partial charge in [-0.1, -0.05) is 0 Å². The second kappa shape index (κ2) is 7.29. The van der Waals surface area contributed by atoms with Crippen molar-refractivity contribution in [2.45, 2.75) is 19.8 Å². The fourth-order valence-corrected chi connectivity index (χ4v) is 3.45. The molecule has 1 amide bonds. The maximum absolute atomic E-state index is 13.0. The lowest BCUT2D eigenvalue weighted by Crippen LogP contribution is -2.52. The molecule has 0 spiro atoms. The molecule has 1 atom stereocenters. The third-order valence-electron chi connectivity index (χ3n) is 4.83. The van der Waals surface area contributed by atoms with E-state index in [1.54, 1.807) is 42.4 Å². The normalized spacial score (nSPS) is 20.2. The Morgan fingerprint density at radius 2 is 2.19 bits per heavy atom. The molecular weight excluding hydrogens is 336 g/mol. The summed E-state index contributed by atoms with van der Waals surface area (Å²) in [7, 11) is 1.48. The molecule has 3 heterocycles. The second-order valence-corrected chi connectivity index (χ2v) is 6.66. The fraction of sp³-hybridized carbons (Fsp3) is 0.421. The molecule has 1 N–H and O–H groups in total. The van der Waals surface area contributed by atoms with E-state index in [4.69, 9.17) is 9.15 Å². The molecule has 2 aromatic heterocycles. The third-order valence-corrected chi connectivity index (χ3v) is 4.83. The van der Waals surface area contributed by atoms with Crippen LogP contribution < -0.4 is 0 Å². The molecule has 7 heteroatoms. The summed E-state index contributed by atoms with van der Waals surface area (Å²) in [5, 5.41) is 9.65. The Bertz CT molecular complexity index is 798. The number of carbonyl (C=O) groups is 2. The van der Waals surface area contributed by atoms with Gasteiger partial charge < -0.3 is 19.2 Å². The summed E-state index contributed by atoms with van der Waals surface area (Å²) >= 11 is 0. The Hall–Kier alpha value is -2.67. The van der Waals surface area contributed by atoms with Crippen LogP contribution in [0.25, 0.3) is 11.5 Å². The minimum atomic E-state index is -1.06. The van der Waals surface area contributed by atoms with E-state index in [1.165, 1.54) is 7.11 Å². The van der Waals surface area contributed by atoms with Gasteiger partial charge in [-0.2, -0.15) is 0 Å². The number of aryl methyl sites for hydroxylation is 1. The molecule has 0 aliphatic carbocycles. The standard InChI is InChI=1S/C19H22N2O5/c1-13-14(6-7-15(20-13)16-5-3-10-26-16)17(22)21-9-4-8-19(11-21,12-25-2)18(23)24/h3,5-7,10H,4,8-9,11-12H2,1-2H3,(H,23,24). The van der Waals surface area contributed by atoms with E-state index < -0.39 is 11.4 Å². The van der Waals surface area contributed by atoms with Crippen LogP contribution in [0.3, 0.4) is 0 Å². The summed E-state index contributed by atoms with van der Waals surface area (Å²) in [5.74, 6) is -0.502. The number of aromatic nitrogens is 1. The van der Waals surface area contributed by atoms with Crippen LogP contribution in [0.1, 0.15) is 28.9 Å². The van der Waals surface area contributed by atoms with E-state index in [1.807, 2.05) is 0 Å². The molecule has 2 aromatic rings. The molecule has 7 nitrogen and oxygen atoms in total. The molecule has 1 fully saturated rings. The van der Waals surface area contributed by atoms with Gasteiger partial charge in [-0.3, -0.25) is 9.59 Å². The number of ether oxygens (including phenoxy) is 1. The number of hydrogen-bond acceptors (Lipinski definition) is 5. The number of pyridine rings is 1. The van der Waals surface area contributed by atoms with Crippen molar-refractivity contribution in [1.82, 2.24) is 9.88 Å². The minimum Gasteiger partial charge on any atom is -0.481 e. The van der Waals surface area contributed by atoms with E-state index in [0.29, 0.717) is 42.1 Å². The number of piperidine rings is 1.